The molecule has 3 aromatic rings. The Morgan fingerprint density at radius 3 is 2.48 bits per heavy atom. The van der Waals surface area contributed by atoms with E-state index < -0.39 is 27.7 Å². The number of nitriles is 1. The highest BCUT2D eigenvalue weighted by atomic mass is 35.5. The molecule has 1 aromatic heterocycles. The van der Waals surface area contributed by atoms with Crippen LogP contribution in [-0.2, 0) is 0 Å². The van der Waals surface area contributed by atoms with E-state index in [0.717, 1.165) is 10.2 Å². The van der Waals surface area contributed by atoms with Gasteiger partial charge in [-0.1, -0.05) is 29.8 Å². The standard InChI is InChI=1S/C21H13ClN4O5/c1-12-2-6-15(10-18(12)22)25-20(27)17(11-23)16(19(24-25)21(28)29)9-5-13-3-7-14(8-4-13)26(30)31/h2-10H,1H3,(H,28,29)/b9-5-. The van der Waals surface area contributed by atoms with Gasteiger partial charge in [0.25, 0.3) is 11.2 Å². The summed E-state index contributed by atoms with van der Waals surface area (Å²) in [6.45, 7) is 1.76. The minimum atomic E-state index is -1.44. The highest BCUT2D eigenvalue weighted by Crippen LogP contribution is 2.20. The average molecular weight is 437 g/mol. The van der Waals surface area contributed by atoms with E-state index in [1.54, 1.807) is 19.1 Å². The molecule has 31 heavy (non-hydrogen) atoms. The first-order valence-electron chi connectivity index (χ1n) is 8.72. The number of halogens is 1. The smallest absolute Gasteiger partial charge is 0.357 e. The van der Waals surface area contributed by atoms with Crippen molar-refractivity contribution in [3.05, 3.63) is 95.9 Å². The minimum Gasteiger partial charge on any atom is -0.476 e. The van der Waals surface area contributed by atoms with Crippen molar-refractivity contribution in [2.75, 3.05) is 0 Å². The van der Waals surface area contributed by atoms with Crippen LogP contribution in [0.2, 0.25) is 5.02 Å². The molecule has 0 saturated heterocycles. The number of carboxylic acids is 1. The molecule has 154 valence electrons. The van der Waals surface area contributed by atoms with Gasteiger partial charge in [-0.05, 0) is 42.3 Å². The SMILES string of the molecule is Cc1ccc(-n2nc(C(=O)O)c(/C=C\c3ccc([N+](=O)[O-])cc3)c(C#N)c2=O)cc1Cl. The molecule has 0 amide bonds. The number of hydrogen-bond acceptors (Lipinski definition) is 6. The third kappa shape index (κ3) is 4.34. The molecule has 9 nitrogen and oxygen atoms in total. The van der Waals surface area contributed by atoms with E-state index >= 15 is 0 Å². The second-order valence-corrected chi connectivity index (χ2v) is 6.79. The Kier molecular flexibility index (Phi) is 5.95. The zero-order valence-electron chi connectivity index (χ0n) is 15.9. The molecular weight excluding hydrogens is 424 g/mol. The summed E-state index contributed by atoms with van der Waals surface area (Å²) in [6, 6.07) is 11.8. The molecule has 0 aliphatic heterocycles. The maximum atomic E-state index is 12.9. The van der Waals surface area contributed by atoms with E-state index in [2.05, 4.69) is 5.10 Å². The summed E-state index contributed by atoms with van der Waals surface area (Å²) >= 11 is 6.09. The number of carbonyl (C=O) groups is 1. The van der Waals surface area contributed by atoms with Crippen molar-refractivity contribution in [1.82, 2.24) is 9.78 Å². The lowest BCUT2D eigenvalue weighted by atomic mass is 10.1. The summed E-state index contributed by atoms with van der Waals surface area (Å²) in [6.07, 6.45) is 2.70. The van der Waals surface area contributed by atoms with Crippen molar-refractivity contribution in [1.29, 1.82) is 5.26 Å². The maximum absolute atomic E-state index is 12.9. The molecule has 0 fully saturated rings. The quantitative estimate of drug-likeness (QED) is 0.473. The van der Waals surface area contributed by atoms with Crippen LogP contribution >= 0.6 is 11.6 Å². The lowest BCUT2D eigenvalue weighted by Gasteiger charge is -2.10. The van der Waals surface area contributed by atoms with Gasteiger partial charge in [0.2, 0.25) is 0 Å². The van der Waals surface area contributed by atoms with E-state index in [1.807, 2.05) is 0 Å². The summed E-state index contributed by atoms with van der Waals surface area (Å²) < 4.78 is 0.816. The second kappa shape index (κ2) is 8.61. The number of non-ortho nitro benzene ring substituents is 1. The predicted octanol–water partition coefficient (Wildman–Crippen LogP) is 3.84. The van der Waals surface area contributed by atoms with Crippen molar-refractivity contribution in [3.63, 3.8) is 0 Å². The first kappa shape index (κ1) is 21.4. The molecule has 0 aliphatic carbocycles. The van der Waals surface area contributed by atoms with Gasteiger partial charge in [0, 0.05) is 22.7 Å². The van der Waals surface area contributed by atoms with Gasteiger partial charge in [-0.3, -0.25) is 14.9 Å². The second-order valence-electron chi connectivity index (χ2n) is 6.39. The molecule has 0 spiro atoms. The number of aryl methyl sites for hydroxylation is 1. The van der Waals surface area contributed by atoms with Crippen LogP contribution in [0.3, 0.4) is 0 Å². The van der Waals surface area contributed by atoms with Crippen molar-refractivity contribution in [2.45, 2.75) is 6.92 Å². The molecular formula is C21H13ClN4O5. The molecule has 1 heterocycles. The summed E-state index contributed by atoms with van der Waals surface area (Å²) in [5.41, 5.74) is -0.551. The van der Waals surface area contributed by atoms with Crippen molar-refractivity contribution < 1.29 is 14.8 Å². The predicted molar refractivity (Wildman–Crippen MR) is 113 cm³/mol. The van der Waals surface area contributed by atoms with Crippen LogP contribution in [-0.4, -0.2) is 25.8 Å². The number of hydrogen-bond donors (Lipinski definition) is 1. The number of carboxylic acid groups (broad SMARTS) is 1. The summed E-state index contributed by atoms with van der Waals surface area (Å²) in [4.78, 5) is 34.9. The molecule has 1 N–H and O–H groups in total. The van der Waals surface area contributed by atoms with Gasteiger partial charge in [-0.2, -0.15) is 15.0 Å². The molecule has 0 radical (unpaired) electrons. The van der Waals surface area contributed by atoms with Crippen LogP contribution in [0.5, 0.6) is 0 Å². The minimum absolute atomic E-state index is 0.109. The number of aromatic carboxylic acids is 1. The molecule has 0 atom stereocenters. The van der Waals surface area contributed by atoms with E-state index in [4.69, 9.17) is 11.6 Å². The number of nitrogens with zero attached hydrogens (tertiary/aromatic N) is 4. The fraction of sp³-hybridized carbons (Fsp3) is 0.0476. The Bertz CT molecular complexity index is 1340. The Hall–Kier alpha value is -4.29. The normalized spacial score (nSPS) is 10.7. The molecule has 0 bridgehead atoms. The monoisotopic (exact) mass is 436 g/mol. The van der Waals surface area contributed by atoms with Gasteiger partial charge in [0.05, 0.1) is 10.6 Å². The highest BCUT2D eigenvalue weighted by molar-refractivity contribution is 6.31. The van der Waals surface area contributed by atoms with Crippen LogP contribution in [0.15, 0.2) is 47.3 Å². The molecule has 0 unspecified atom stereocenters. The number of benzene rings is 2. The largest absolute Gasteiger partial charge is 0.476 e. The van der Waals surface area contributed by atoms with Crippen LogP contribution in [0.4, 0.5) is 5.69 Å². The Balaban J connectivity index is 2.16. The summed E-state index contributed by atoms with van der Waals surface area (Å²) in [5, 5.41) is 34.2. The molecule has 3 rings (SSSR count). The van der Waals surface area contributed by atoms with E-state index in [-0.39, 0.29) is 16.9 Å². The van der Waals surface area contributed by atoms with Crippen LogP contribution < -0.4 is 5.56 Å². The number of nitro groups is 1. The third-order valence-electron chi connectivity index (χ3n) is 4.39. The highest BCUT2D eigenvalue weighted by Gasteiger charge is 2.21. The van der Waals surface area contributed by atoms with Crippen LogP contribution in [0.1, 0.15) is 32.7 Å². The van der Waals surface area contributed by atoms with Gasteiger partial charge in [-0.25, -0.2) is 4.79 Å². The van der Waals surface area contributed by atoms with Gasteiger partial charge in [0.1, 0.15) is 11.6 Å². The Morgan fingerprint density at radius 1 is 1.26 bits per heavy atom. The number of rotatable bonds is 5. The molecule has 2 aromatic carbocycles. The zero-order chi connectivity index (χ0) is 22.7. The van der Waals surface area contributed by atoms with Gasteiger partial charge >= 0.3 is 5.97 Å². The fourth-order valence-electron chi connectivity index (χ4n) is 2.74. The van der Waals surface area contributed by atoms with Gasteiger partial charge in [-0.15, -0.1) is 0 Å². The van der Waals surface area contributed by atoms with Crippen molar-refractivity contribution in [2.24, 2.45) is 0 Å². The van der Waals surface area contributed by atoms with Gasteiger partial charge in [0.15, 0.2) is 5.69 Å². The maximum Gasteiger partial charge on any atom is 0.357 e. The van der Waals surface area contributed by atoms with Crippen molar-refractivity contribution >= 4 is 35.4 Å². The van der Waals surface area contributed by atoms with Crippen molar-refractivity contribution in [3.8, 4) is 11.8 Å². The first-order valence-corrected chi connectivity index (χ1v) is 9.10. The van der Waals surface area contributed by atoms with E-state index in [9.17, 15) is 30.1 Å². The molecule has 10 heteroatoms. The van der Waals surface area contributed by atoms with Crippen LogP contribution in [0.25, 0.3) is 17.8 Å². The van der Waals surface area contributed by atoms with Gasteiger partial charge < -0.3 is 5.11 Å². The number of nitro benzene ring substituents is 1. The van der Waals surface area contributed by atoms with Crippen LogP contribution in [0, 0.1) is 28.4 Å². The molecule has 0 aliphatic rings. The zero-order valence-corrected chi connectivity index (χ0v) is 16.7. The fourth-order valence-corrected chi connectivity index (χ4v) is 2.92. The molecule has 0 saturated carbocycles. The number of aromatic nitrogens is 2. The Labute approximate surface area is 180 Å². The average Bonchev–Trinajstić information content (AvgIpc) is 2.74. The topological polar surface area (TPSA) is 139 Å². The lowest BCUT2D eigenvalue weighted by Crippen LogP contribution is -2.28. The Morgan fingerprint density at radius 2 is 1.94 bits per heavy atom. The lowest BCUT2D eigenvalue weighted by molar-refractivity contribution is -0.384. The van der Waals surface area contributed by atoms with E-state index in [0.29, 0.717) is 10.6 Å². The summed E-state index contributed by atoms with van der Waals surface area (Å²) in [5.74, 6) is -1.44. The van der Waals surface area contributed by atoms with E-state index in [1.165, 1.54) is 48.6 Å². The first-order chi connectivity index (χ1) is 14.7. The summed E-state index contributed by atoms with van der Waals surface area (Å²) in [7, 11) is 0. The third-order valence-corrected chi connectivity index (χ3v) is 4.80.